The number of sulfonamides is 1. The molecule has 1 aromatic rings. The van der Waals surface area contributed by atoms with Crippen molar-refractivity contribution >= 4 is 41.9 Å². The van der Waals surface area contributed by atoms with Crippen molar-refractivity contribution in [2.75, 3.05) is 19.8 Å². The summed E-state index contributed by atoms with van der Waals surface area (Å²) >= 11 is 6.69. The Labute approximate surface area is 136 Å². The van der Waals surface area contributed by atoms with Crippen LogP contribution < -0.4 is 4.72 Å². The van der Waals surface area contributed by atoms with Crippen molar-refractivity contribution in [3.63, 3.8) is 0 Å². The molecule has 1 atom stereocenters. The van der Waals surface area contributed by atoms with Gasteiger partial charge >= 0.3 is 0 Å². The molecule has 0 aliphatic carbocycles. The molecule has 4 nitrogen and oxygen atoms in total. The second-order valence-electron chi connectivity index (χ2n) is 4.97. The van der Waals surface area contributed by atoms with Gasteiger partial charge in [-0.05, 0) is 59.3 Å². The molecule has 2 rings (SSSR count). The molecule has 1 fully saturated rings. The normalized spacial score (nSPS) is 20.1. The van der Waals surface area contributed by atoms with E-state index in [1.807, 2.05) is 6.92 Å². The first-order valence-corrected chi connectivity index (χ1v) is 9.50. The Morgan fingerprint density at radius 1 is 1.35 bits per heavy atom. The minimum atomic E-state index is -3.51. The topological polar surface area (TPSA) is 55.4 Å². The summed E-state index contributed by atoms with van der Waals surface area (Å²) in [5.41, 5.74) is 0.983. The molecule has 1 N–H and O–H groups in total. The number of hydrogen-bond acceptors (Lipinski definition) is 3. The van der Waals surface area contributed by atoms with Crippen LogP contribution in [0.1, 0.15) is 18.4 Å². The molecule has 1 heterocycles. The Morgan fingerprint density at radius 3 is 2.75 bits per heavy atom. The van der Waals surface area contributed by atoms with Crippen LogP contribution in [0.5, 0.6) is 0 Å². The third-order valence-electron chi connectivity index (χ3n) is 3.32. The highest BCUT2D eigenvalue weighted by Crippen LogP contribution is 2.28. The molecule has 1 aromatic carbocycles. The van der Waals surface area contributed by atoms with E-state index in [2.05, 4.69) is 36.6 Å². The molecule has 20 heavy (non-hydrogen) atoms. The molecule has 1 aliphatic heterocycles. The van der Waals surface area contributed by atoms with Crippen LogP contribution in [-0.4, -0.2) is 28.2 Å². The second-order valence-corrected chi connectivity index (χ2v) is 8.41. The highest BCUT2D eigenvalue weighted by Gasteiger charge is 2.21. The van der Waals surface area contributed by atoms with Crippen LogP contribution in [0.15, 0.2) is 26.0 Å². The van der Waals surface area contributed by atoms with Gasteiger partial charge in [-0.15, -0.1) is 0 Å². The van der Waals surface area contributed by atoms with Crippen molar-refractivity contribution in [1.29, 1.82) is 0 Å². The van der Waals surface area contributed by atoms with Gasteiger partial charge in [0.15, 0.2) is 0 Å². The lowest BCUT2D eigenvalue weighted by molar-refractivity contribution is 0.0568. The number of nitrogens with one attached hydrogen (secondary N) is 1. The fourth-order valence-corrected chi connectivity index (χ4v) is 4.90. The van der Waals surface area contributed by atoms with Gasteiger partial charge < -0.3 is 4.74 Å². The maximum absolute atomic E-state index is 12.4. The zero-order chi connectivity index (χ0) is 14.8. The average Bonchev–Trinajstić information content (AvgIpc) is 2.42. The number of hydrogen-bond donors (Lipinski definition) is 1. The van der Waals surface area contributed by atoms with Gasteiger partial charge in [0, 0.05) is 22.1 Å². The van der Waals surface area contributed by atoms with Crippen molar-refractivity contribution < 1.29 is 13.2 Å². The Morgan fingerprint density at radius 2 is 2.10 bits per heavy atom. The van der Waals surface area contributed by atoms with Crippen LogP contribution in [0.25, 0.3) is 0 Å². The lowest BCUT2D eigenvalue weighted by atomic mass is 10.0. The minimum Gasteiger partial charge on any atom is -0.381 e. The smallest absolute Gasteiger partial charge is 0.241 e. The zero-order valence-electron chi connectivity index (χ0n) is 11.2. The third-order valence-corrected chi connectivity index (χ3v) is 6.56. The first-order chi connectivity index (χ1) is 9.40. The van der Waals surface area contributed by atoms with Crippen LogP contribution in [0.2, 0.25) is 0 Å². The highest BCUT2D eigenvalue weighted by molar-refractivity contribution is 9.11. The van der Waals surface area contributed by atoms with Crippen molar-refractivity contribution in [2.24, 2.45) is 5.92 Å². The van der Waals surface area contributed by atoms with Gasteiger partial charge in [0.2, 0.25) is 10.0 Å². The Bertz CT molecular complexity index is 584. The summed E-state index contributed by atoms with van der Waals surface area (Å²) in [6.07, 6.45) is 1.99. The van der Waals surface area contributed by atoms with Crippen molar-refractivity contribution in [3.05, 3.63) is 26.6 Å². The van der Waals surface area contributed by atoms with Crippen molar-refractivity contribution in [1.82, 2.24) is 4.72 Å². The number of aryl methyl sites for hydroxylation is 1. The zero-order valence-corrected chi connectivity index (χ0v) is 15.1. The predicted octanol–water partition coefficient (Wildman–Crippen LogP) is 3.22. The van der Waals surface area contributed by atoms with Gasteiger partial charge in [0.25, 0.3) is 0 Å². The molecular formula is C13H17Br2NO3S. The molecule has 0 bridgehead atoms. The van der Waals surface area contributed by atoms with E-state index in [4.69, 9.17) is 4.74 Å². The fraction of sp³-hybridized carbons (Fsp3) is 0.538. The van der Waals surface area contributed by atoms with Gasteiger partial charge in [0.05, 0.1) is 11.5 Å². The number of ether oxygens (including phenoxy) is 1. The summed E-state index contributed by atoms with van der Waals surface area (Å²) in [7, 11) is -3.51. The Kier molecular flexibility index (Phi) is 5.64. The van der Waals surface area contributed by atoms with Crippen molar-refractivity contribution in [3.8, 4) is 0 Å². The van der Waals surface area contributed by atoms with E-state index in [1.54, 1.807) is 12.1 Å². The Hall–Kier alpha value is 0.0500. The van der Waals surface area contributed by atoms with Crippen LogP contribution in [0.4, 0.5) is 0 Å². The average molecular weight is 427 g/mol. The lowest BCUT2D eigenvalue weighted by Crippen LogP contribution is -2.33. The van der Waals surface area contributed by atoms with E-state index in [9.17, 15) is 8.42 Å². The summed E-state index contributed by atoms with van der Waals surface area (Å²) in [4.78, 5) is 0.256. The highest BCUT2D eigenvalue weighted by atomic mass is 79.9. The van der Waals surface area contributed by atoms with Gasteiger partial charge in [-0.25, -0.2) is 13.1 Å². The summed E-state index contributed by atoms with van der Waals surface area (Å²) in [6.45, 7) is 3.74. The molecule has 1 unspecified atom stereocenters. The minimum absolute atomic E-state index is 0.256. The molecule has 7 heteroatoms. The molecule has 0 amide bonds. The molecule has 0 saturated carbocycles. The van der Waals surface area contributed by atoms with Gasteiger partial charge in [-0.2, -0.15) is 0 Å². The lowest BCUT2D eigenvalue weighted by Gasteiger charge is -2.22. The van der Waals surface area contributed by atoms with Crippen LogP contribution in [0, 0.1) is 12.8 Å². The van der Waals surface area contributed by atoms with E-state index in [1.165, 1.54) is 0 Å². The predicted molar refractivity (Wildman–Crippen MR) is 85.3 cm³/mol. The van der Waals surface area contributed by atoms with E-state index in [0.717, 1.165) is 29.5 Å². The SMILES string of the molecule is Cc1cc(Br)c(S(=O)(=O)NCC2CCCOC2)cc1Br. The van der Waals surface area contributed by atoms with E-state index in [0.29, 0.717) is 17.6 Å². The van der Waals surface area contributed by atoms with Crippen LogP contribution >= 0.6 is 31.9 Å². The van der Waals surface area contributed by atoms with Crippen LogP contribution in [0.3, 0.4) is 0 Å². The van der Waals surface area contributed by atoms with E-state index >= 15 is 0 Å². The molecule has 0 spiro atoms. The molecule has 0 aromatic heterocycles. The Balaban J connectivity index is 2.11. The number of rotatable bonds is 4. The van der Waals surface area contributed by atoms with Crippen molar-refractivity contribution in [2.45, 2.75) is 24.7 Å². The quantitative estimate of drug-likeness (QED) is 0.803. The van der Waals surface area contributed by atoms with E-state index < -0.39 is 10.0 Å². The van der Waals surface area contributed by atoms with Gasteiger partial charge in [0.1, 0.15) is 0 Å². The molecule has 0 radical (unpaired) electrons. The molecule has 1 saturated heterocycles. The molecular weight excluding hydrogens is 410 g/mol. The summed E-state index contributed by atoms with van der Waals surface area (Å²) in [6, 6.07) is 3.42. The van der Waals surface area contributed by atoms with E-state index in [-0.39, 0.29) is 10.8 Å². The number of halogens is 2. The maximum atomic E-state index is 12.4. The molecule has 1 aliphatic rings. The third kappa shape index (κ3) is 4.04. The fourth-order valence-electron chi connectivity index (χ4n) is 2.11. The van der Waals surface area contributed by atoms with Gasteiger partial charge in [-0.1, -0.05) is 15.9 Å². The number of benzene rings is 1. The largest absolute Gasteiger partial charge is 0.381 e. The monoisotopic (exact) mass is 425 g/mol. The molecule has 112 valence electrons. The van der Waals surface area contributed by atoms with Gasteiger partial charge in [-0.3, -0.25) is 0 Å². The second kappa shape index (κ2) is 6.87. The first-order valence-electron chi connectivity index (χ1n) is 6.43. The first kappa shape index (κ1) is 16.4. The maximum Gasteiger partial charge on any atom is 0.241 e. The summed E-state index contributed by atoms with van der Waals surface area (Å²) in [5, 5.41) is 0. The standard InChI is InChI=1S/C13H17Br2NO3S/c1-9-5-12(15)13(6-11(9)14)20(17,18)16-7-10-3-2-4-19-8-10/h5-6,10,16H,2-4,7-8H2,1H3. The summed E-state index contributed by atoms with van der Waals surface area (Å²) in [5.74, 6) is 0.256. The van der Waals surface area contributed by atoms with Crippen LogP contribution in [-0.2, 0) is 14.8 Å². The summed E-state index contributed by atoms with van der Waals surface area (Å²) < 4.78 is 34.1.